The summed E-state index contributed by atoms with van der Waals surface area (Å²) in [5.41, 5.74) is -0.466. The average Bonchev–Trinajstić information content (AvgIpc) is 2.68. The molecular formula is C20H29N3O7S. The number of nitrogens with zero attached hydrogens (tertiary/aromatic N) is 1. The number of phenolic OH excluding ortho intramolecular Hbond substituents is 1. The number of thiol groups is 1. The van der Waals surface area contributed by atoms with Crippen molar-refractivity contribution in [2.75, 3.05) is 26.5 Å². The van der Waals surface area contributed by atoms with Gasteiger partial charge in [-0.1, -0.05) is 12.1 Å². The van der Waals surface area contributed by atoms with Crippen LogP contribution in [-0.2, 0) is 23.9 Å². The summed E-state index contributed by atoms with van der Waals surface area (Å²) in [6, 6.07) is 3.50. The molecule has 3 amide bonds. The molecule has 0 aliphatic heterocycles. The summed E-state index contributed by atoms with van der Waals surface area (Å²) in [4.78, 5) is 50.4. The molecule has 0 fully saturated rings. The van der Waals surface area contributed by atoms with Gasteiger partial charge in [-0.25, -0.2) is 4.79 Å². The molecule has 0 radical (unpaired) electrons. The monoisotopic (exact) mass is 455 g/mol. The molecule has 0 spiro atoms. The third-order valence-corrected chi connectivity index (χ3v) is 4.34. The second kappa shape index (κ2) is 11.4. The SMILES string of the molecule is COC(=O)CNC(=O)C(c1cccc(O)c1)N(C)C(=O)C(CS)NC(=O)OC(C)(C)C. The molecule has 0 aliphatic carbocycles. The number of rotatable bonds is 8. The molecule has 2 unspecified atom stereocenters. The van der Waals surface area contributed by atoms with Crippen LogP contribution in [0, 0.1) is 0 Å². The van der Waals surface area contributed by atoms with Crippen LogP contribution in [0.2, 0.25) is 0 Å². The normalized spacial score (nSPS) is 12.8. The van der Waals surface area contributed by atoms with Crippen molar-refractivity contribution in [3.05, 3.63) is 29.8 Å². The lowest BCUT2D eigenvalue weighted by Crippen LogP contribution is -2.52. The Labute approximate surface area is 186 Å². The average molecular weight is 456 g/mol. The molecule has 31 heavy (non-hydrogen) atoms. The molecule has 0 saturated heterocycles. The summed E-state index contributed by atoms with van der Waals surface area (Å²) in [7, 11) is 2.54. The predicted molar refractivity (Wildman–Crippen MR) is 116 cm³/mol. The molecular weight excluding hydrogens is 426 g/mol. The Morgan fingerprint density at radius 2 is 1.87 bits per heavy atom. The highest BCUT2D eigenvalue weighted by atomic mass is 32.1. The number of nitrogens with one attached hydrogen (secondary N) is 2. The standard InChI is InChI=1S/C20H29N3O7S/c1-20(2,3)30-19(28)22-14(11-31)18(27)23(4)16(12-7-6-8-13(24)9-12)17(26)21-10-15(25)29-5/h6-9,14,16,24,31H,10-11H2,1-5H3,(H,21,26)(H,22,28). The number of benzene rings is 1. The van der Waals surface area contributed by atoms with Gasteiger partial charge in [0.15, 0.2) is 0 Å². The molecule has 1 aromatic rings. The third-order valence-electron chi connectivity index (χ3n) is 3.98. The van der Waals surface area contributed by atoms with Gasteiger partial charge in [-0.15, -0.1) is 0 Å². The van der Waals surface area contributed by atoms with Gasteiger partial charge in [-0.2, -0.15) is 12.6 Å². The third kappa shape index (κ3) is 8.36. The number of carbonyl (C=O) groups is 4. The fraction of sp³-hybridized carbons (Fsp3) is 0.500. The quantitative estimate of drug-likeness (QED) is 0.339. The molecule has 3 N–H and O–H groups in total. The molecule has 0 aliphatic rings. The van der Waals surface area contributed by atoms with Crippen molar-refractivity contribution in [2.45, 2.75) is 38.5 Å². The van der Waals surface area contributed by atoms with E-state index in [4.69, 9.17) is 4.74 Å². The Morgan fingerprint density at radius 1 is 1.23 bits per heavy atom. The van der Waals surface area contributed by atoms with E-state index in [2.05, 4.69) is 28.0 Å². The van der Waals surface area contributed by atoms with Crippen molar-refractivity contribution < 1.29 is 33.8 Å². The molecule has 1 aromatic carbocycles. The lowest BCUT2D eigenvalue weighted by molar-refractivity contribution is -0.143. The molecule has 2 atom stereocenters. The number of ether oxygens (including phenoxy) is 2. The van der Waals surface area contributed by atoms with E-state index in [9.17, 15) is 24.3 Å². The highest BCUT2D eigenvalue weighted by Gasteiger charge is 2.33. The smallest absolute Gasteiger partial charge is 0.408 e. The minimum Gasteiger partial charge on any atom is -0.508 e. The van der Waals surface area contributed by atoms with E-state index < -0.39 is 48.1 Å². The lowest BCUT2D eigenvalue weighted by Gasteiger charge is -2.31. The first-order chi connectivity index (χ1) is 14.4. The molecule has 1 rings (SSSR count). The molecule has 0 aromatic heterocycles. The van der Waals surface area contributed by atoms with Crippen molar-refractivity contribution in [2.24, 2.45) is 0 Å². The van der Waals surface area contributed by atoms with Crippen LogP contribution in [0.5, 0.6) is 5.75 Å². The van der Waals surface area contributed by atoms with E-state index >= 15 is 0 Å². The van der Waals surface area contributed by atoms with E-state index in [0.29, 0.717) is 5.56 Å². The molecule has 0 bridgehead atoms. The number of aromatic hydroxyl groups is 1. The zero-order valence-electron chi connectivity index (χ0n) is 18.2. The number of alkyl carbamates (subject to hydrolysis) is 1. The van der Waals surface area contributed by atoms with Gasteiger partial charge in [0, 0.05) is 12.8 Å². The number of esters is 1. The Morgan fingerprint density at radius 3 is 2.39 bits per heavy atom. The van der Waals surface area contributed by atoms with Gasteiger partial charge < -0.3 is 30.1 Å². The van der Waals surface area contributed by atoms with Crippen molar-refractivity contribution in [3.63, 3.8) is 0 Å². The van der Waals surface area contributed by atoms with Crippen molar-refractivity contribution in [1.82, 2.24) is 15.5 Å². The summed E-state index contributed by atoms with van der Waals surface area (Å²) >= 11 is 4.12. The maximum Gasteiger partial charge on any atom is 0.408 e. The van der Waals surface area contributed by atoms with E-state index in [1.807, 2.05) is 0 Å². The summed E-state index contributed by atoms with van der Waals surface area (Å²) in [6.07, 6.45) is -0.808. The van der Waals surface area contributed by atoms with Crippen LogP contribution in [0.1, 0.15) is 32.4 Å². The number of carbonyl (C=O) groups excluding carboxylic acids is 4. The van der Waals surface area contributed by atoms with Gasteiger partial charge in [-0.3, -0.25) is 14.4 Å². The number of methoxy groups -OCH3 is 1. The van der Waals surface area contributed by atoms with Crippen LogP contribution < -0.4 is 10.6 Å². The zero-order chi connectivity index (χ0) is 23.8. The van der Waals surface area contributed by atoms with Crippen LogP contribution in [0.4, 0.5) is 4.79 Å². The Hall–Kier alpha value is -2.95. The van der Waals surface area contributed by atoms with Crippen molar-refractivity contribution in [1.29, 1.82) is 0 Å². The maximum atomic E-state index is 13.0. The predicted octanol–water partition coefficient (Wildman–Crippen LogP) is 1.00. The highest BCUT2D eigenvalue weighted by Crippen LogP contribution is 2.24. The summed E-state index contributed by atoms with van der Waals surface area (Å²) in [6.45, 7) is 4.64. The number of phenols is 1. The topological polar surface area (TPSA) is 134 Å². The maximum absolute atomic E-state index is 13.0. The van der Waals surface area contributed by atoms with Crippen molar-refractivity contribution >= 4 is 36.5 Å². The first-order valence-electron chi connectivity index (χ1n) is 9.40. The van der Waals surface area contributed by atoms with E-state index in [1.165, 1.54) is 32.4 Å². The number of amides is 3. The fourth-order valence-corrected chi connectivity index (χ4v) is 2.83. The van der Waals surface area contributed by atoms with Crippen LogP contribution in [0.3, 0.4) is 0 Å². The minimum atomic E-state index is -1.20. The van der Waals surface area contributed by atoms with E-state index in [0.717, 1.165) is 4.90 Å². The molecule has 0 heterocycles. The van der Waals surface area contributed by atoms with Crippen LogP contribution in [-0.4, -0.2) is 72.0 Å². The molecule has 11 heteroatoms. The zero-order valence-corrected chi connectivity index (χ0v) is 19.1. The fourth-order valence-electron chi connectivity index (χ4n) is 2.58. The van der Waals surface area contributed by atoms with Gasteiger partial charge in [0.05, 0.1) is 7.11 Å². The first-order valence-corrected chi connectivity index (χ1v) is 10.0. The Bertz CT molecular complexity index is 810. The van der Waals surface area contributed by atoms with Gasteiger partial charge >= 0.3 is 12.1 Å². The number of hydrogen-bond donors (Lipinski definition) is 4. The lowest BCUT2D eigenvalue weighted by atomic mass is 10.0. The minimum absolute atomic E-state index is 0.0566. The Kier molecular flexibility index (Phi) is 9.63. The summed E-state index contributed by atoms with van der Waals surface area (Å²) in [5, 5.41) is 14.6. The molecule has 172 valence electrons. The molecule has 10 nitrogen and oxygen atoms in total. The van der Waals surface area contributed by atoms with Gasteiger partial charge in [0.25, 0.3) is 0 Å². The van der Waals surface area contributed by atoms with Crippen LogP contribution >= 0.6 is 12.6 Å². The van der Waals surface area contributed by atoms with Gasteiger partial charge in [-0.05, 0) is 38.5 Å². The number of hydrogen-bond acceptors (Lipinski definition) is 8. The van der Waals surface area contributed by atoms with Gasteiger partial charge in [0.1, 0.15) is 30.0 Å². The Balaban J connectivity index is 3.12. The second-order valence-electron chi connectivity index (χ2n) is 7.62. The van der Waals surface area contributed by atoms with Crippen molar-refractivity contribution in [3.8, 4) is 5.75 Å². The van der Waals surface area contributed by atoms with E-state index in [-0.39, 0.29) is 11.5 Å². The largest absolute Gasteiger partial charge is 0.508 e. The van der Waals surface area contributed by atoms with Crippen LogP contribution in [0.15, 0.2) is 24.3 Å². The summed E-state index contributed by atoms with van der Waals surface area (Å²) < 4.78 is 9.67. The highest BCUT2D eigenvalue weighted by molar-refractivity contribution is 7.80. The number of likely N-dealkylation sites (N-methyl/N-ethyl adjacent to an activating group) is 1. The van der Waals surface area contributed by atoms with Crippen LogP contribution in [0.25, 0.3) is 0 Å². The second-order valence-corrected chi connectivity index (χ2v) is 7.99. The summed E-state index contributed by atoms with van der Waals surface area (Å²) in [5.74, 6) is -2.14. The van der Waals surface area contributed by atoms with Gasteiger partial charge in [0.2, 0.25) is 11.8 Å². The molecule has 0 saturated carbocycles. The first kappa shape index (κ1) is 26.1. The van der Waals surface area contributed by atoms with E-state index in [1.54, 1.807) is 26.8 Å².